The largest absolute Gasteiger partial charge is 0.494 e. The molecular formula is C26H27N3O2. The first kappa shape index (κ1) is 21.9. The number of nitriles is 1. The molecule has 0 aliphatic carbocycles. The Hall–Kier alpha value is -3.78. The highest BCUT2D eigenvalue weighted by molar-refractivity contribution is 6.09. The zero-order chi connectivity index (χ0) is 22.5. The molecule has 0 aliphatic rings. The van der Waals surface area contributed by atoms with Gasteiger partial charge in [-0.05, 0) is 99.8 Å². The van der Waals surface area contributed by atoms with Gasteiger partial charge in [0.1, 0.15) is 17.4 Å². The third-order valence-corrected chi connectivity index (χ3v) is 5.02. The van der Waals surface area contributed by atoms with Gasteiger partial charge in [-0.25, -0.2) is 0 Å². The molecule has 5 heteroatoms. The molecule has 1 heterocycles. The van der Waals surface area contributed by atoms with Crippen LogP contribution in [0.1, 0.15) is 35.0 Å². The maximum atomic E-state index is 12.7. The minimum Gasteiger partial charge on any atom is -0.494 e. The first-order valence-electron chi connectivity index (χ1n) is 10.3. The van der Waals surface area contributed by atoms with Crippen LogP contribution in [0.15, 0.2) is 54.1 Å². The van der Waals surface area contributed by atoms with Crippen molar-refractivity contribution in [3.05, 3.63) is 82.2 Å². The maximum Gasteiger partial charge on any atom is 0.266 e. The molecule has 5 nitrogen and oxygen atoms in total. The van der Waals surface area contributed by atoms with Crippen LogP contribution in [0.2, 0.25) is 0 Å². The number of rotatable bonds is 6. The van der Waals surface area contributed by atoms with Crippen molar-refractivity contribution >= 4 is 17.7 Å². The van der Waals surface area contributed by atoms with E-state index in [4.69, 9.17) is 4.74 Å². The number of anilines is 1. The number of hydrogen-bond acceptors (Lipinski definition) is 3. The van der Waals surface area contributed by atoms with Crippen LogP contribution in [-0.4, -0.2) is 17.1 Å². The summed E-state index contributed by atoms with van der Waals surface area (Å²) in [6.45, 7) is 10.5. The molecular weight excluding hydrogens is 386 g/mol. The van der Waals surface area contributed by atoms with Crippen molar-refractivity contribution in [1.29, 1.82) is 5.26 Å². The summed E-state index contributed by atoms with van der Waals surface area (Å²) in [6.07, 6.45) is 1.64. The van der Waals surface area contributed by atoms with E-state index in [-0.39, 0.29) is 5.57 Å². The van der Waals surface area contributed by atoms with Gasteiger partial charge in [0.25, 0.3) is 5.91 Å². The Morgan fingerprint density at radius 1 is 1.06 bits per heavy atom. The van der Waals surface area contributed by atoms with E-state index in [2.05, 4.69) is 9.88 Å². The van der Waals surface area contributed by atoms with Gasteiger partial charge >= 0.3 is 0 Å². The van der Waals surface area contributed by atoms with Crippen LogP contribution in [0.3, 0.4) is 0 Å². The summed E-state index contributed by atoms with van der Waals surface area (Å²) >= 11 is 0. The maximum absolute atomic E-state index is 12.7. The summed E-state index contributed by atoms with van der Waals surface area (Å²) in [5, 5.41) is 12.4. The summed E-state index contributed by atoms with van der Waals surface area (Å²) in [7, 11) is 0. The number of hydrogen-bond donors (Lipinski definition) is 1. The fourth-order valence-corrected chi connectivity index (χ4v) is 3.74. The molecule has 0 fully saturated rings. The van der Waals surface area contributed by atoms with Gasteiger partial charge in [-0.2, -0.15) is 5.26 Å². The molecule has 0 saturated carbocycles. The second-order valence-electron chi connectivity index (χ2n) is 7.59. The van der Waals surface area contributed by atoms with Gasteiger partial charge in [-0.15, -0.1) is 0 Å². The Morgan fingerprint density at radius 2 is 1.71 bits per heavy atom. The number of nitrogens with zero attached hydrogens (tertiary/aromatic N) is 2. The second-order valence-corrected chi connectivity index (χ2v) is 7.59. The highest BCUT2D eigenvalue weighted by atomic mass is 16.5. The third-order valence-electron chi connectivity index (χ3n) is 5.02. The van der Waals surface area contributed by atoms with Gasteiger partial charge in [0.05, 0.1) is 6.61 Å². The Balaban J connectivity index is 1.90. The van der Waals surface area contributed by atoms with Crippen LogP contribution in [-0.2, 0) is 4.79 Å². The van der Waals surface area contributed by atoms with Gasteiger partial charge < -0.3 is 14.6 Å². The number of nitrogens with one attached hydrogen (secondary N) is 1. The highest BCUT2D eigenvalue weighted by Crippen LogP contribution is 2.25. The normalized spacial score (nSPS) is 11.2. The third kappa shape index (κ3) is 5.04. The number of amides is 1. The molecule has 3 rings (SSSR count). The van der Waals surface area contributed by atoms with Crippen LogP contribution in [0, 0.1) is 39.0 Å². The lowest BCUT2D eigenvalue weighted by Gasteiger charge is -2.11. The highest BCUT2D eigenvalue weighted by Gasteiger charge is 2.14. The molecule has 0 bridgehead atoms. The van der Waals surface area contributed by atoms with Crippen molar-refractivity contribution in [2.75, 3.05) is 11.9 Å². The van der Waals surface area contributed by atoms with Gasteiger partial charge in [-0.1, -0.05) is 6.07 Å². The van der Waals surface area contributed by atoms with E-state index < -0.39 is 5.91 Å². The van der Waals surface area contributed by atoms with Crippen LogP contribution in [0.25, 0.3) is 11.8 Å². The summed E-state index contributed by atoms with van der Waals surface area (Å²) < 4.78 is 7.62. The van der Waals surface area contributed by atoms with E-state index in [1.807, 2.05) is 89.2 Å². The van der Waals surface area contributed by atoms with E-state index >= 15 is 0 Å². The number of aryl methyl sites for hydroxylation is 3. The molecule has 0 aliphatic heterocycles. The van der Waals surface area contributed by atoms with Gasteiger partial charge in [0.15, 0.2) is 0 Å². The molecule has 0 radical (unpaired) electrons. The summed E-state index contributed by atoms with van der Waals surface area (Å²) in [6, 6.07) is 17.7. The molecule has 0 spiro atoms. The van der Waals surface area contributed by atoms with E-state index in [1.165, 1.54) is 0 Å². The number of carbonyl (C=O) groups is 1. The Bertz CT molecular complexity index is 1160. The SMILES string of the molecule is CCOc1ccc(-n2c(C)cc(/C=C(/C#N)C(=O)Nc3cc(C)cc(C)c3)c2C)cc1. The Kier molecular flexibility index (Phi) is 6.61. The first-order chi connectivity index (χ1) is 14.8. The minimum absolute atomic E-state index is 0.0612. The standard InChI is InChI=1S/C26H27N3O2/c1-6-31-25-9-7-24(8-10-25)29-19(4)14-21(20(29)5)15-22(16-27)26(30)28-23-12-17(2)11-18(3)13-23/h7-15H,6H2,1-5H3,(H,28,30)/b22-15-. The lowest BCUT2D eigenvalue weighted by Crippen LogP contribution is -2.13. The lowest BCUT2D eigenvalue weighted by atomic mass is 10.1. The predicted molar refractivity (Wildman–Crippen MR) is 125 cm³/mol. The molecule has 1 amide bonds. The quantitative estimate of drug-likeness (QED) is 0.419. The summed E-state index contributed by atoms with van der Waals surface area (Å²) in [5.74, 6) is 0.405. The first-order valence-corrected chi connectivity index (χ1v) is 10.3. The predicted octanol–water partition coefficient (Wildman–Crippen LogP) is 5.66. The van der Waals surface area contributed by atoms with Crippen molar-refractivity contribution in [3.8, 4) is 17.5 Å². The molecule has 158 valence electrons. The van der Waals surface area contributed by atoms with Crippen LogP contribution >= 0.6 is 0 Å². The van der Waals surface area contributed by atoms with E-state index in [0.717, 1.165) is 39.5 Å². The van der Waals surface area contributed by atoms with Crippen LogP contribution in [0.5, 0.6) is 5.75 Å². The number of carbonyl (C=O) groups excluding carboxylic acids is 1. The summed E-state index contributed by atoms with van der Waals surface area (Å²) in [5.41, 5.74) is 6.64. The van der Waals surface area contributed by atoms with Crippen molar-refractivity contribution in [1.82, 2.24) is 4.57 Å². The molecule has 1 N–H and O–H groups in total. The zero-order valence-corrected chi connectivity index (χ0v) is 18.6. The molecule has 3 aromatic rings. The molecule has 31 heavy (non-hydrogen) atoms. The fourth-order valence-electron chi connectivity index (χ4n) is 3.74. The lowest BCUT2D eigenvalue weighted by molar-refractivity contribution is -0.112. The molecule has 0 atom stereocenters. The van der Waals surface area contributed by atoms with Gasteiger partial charge in [0, 0.05) is 22.8 Å². The molecule has 0 unspecified atom stereocenters. The molecule has 1 aromatic heterocycles. The summed E-state index contributed by atoms with van der Waals surface area (Å²) in [4.78, 5) is 12.7. The zero-order valence-electron chi connectivity index (χ0n) is 18.6. The average Bonchev–Trinajstić information content (AvgIpc) is 2.99. The average molecular weight is 414 g/mol. The van der Waals surface area contributed by atoms with Crippen LogP contribution in [0.4, 0.5) is 5.69 Å². The van der Waals surface area contributed by atoms with Crippen molar-refractivity contribution < 1.29 is 9.53 Å². The van der Waals surface area contributed by atoms with Crippen molar-refractivity contribution in [2.24, 2.45) is 0 Å². The number of ether oxygens (including phenoxy) is 1. The number of benzene rings is 2. The van der Waals surface area contributed by atoms with Crippen molar-refractivity contribution in [2.45, 2.75) is 34.6 Å². The Morgan fingerprint density at radius 3 is 2.29 bits per heavy atom. The Labute approximate surface area is 183 Å². The van der Waals surface area contributed by atoms with E-state index in [0.29, 0.717) is 12.3 Å². The minimum atomic E-state index is -0.418. The molecule has 2 aromatic carbocycles. The van der Waals surface area contributed by atoms with Gasteiger partial charge in [0.2, 0.25) is 0 Å². The smallest absolute Gasteiger partial charge is 0.266 e. The second kappa shape index (κ2) is 9.36. The van der Waals surface area contributed by atoms with Gasteiger partial charge in [-0.3, -0.25) is 4.79 Å². The van der Waals surface area contributed by atoms with Crippen LogP contribution < -0.4 is 10.1 Å². The number of aromatic nitrogens is 1. The topological polar surface area (TPSA) is 67.0 Å². The van der Waals surface area contributed by atoms with E-state index in [9.17, 15) is 10.1 Å². The van der Waals surface area contributed by atoms with E-state index in [1.54, 1.807) is 6.08 Å². The fraction of sp³-hybridized carbons (Fsp3) is 0.231. The monoisotopic (exact) mass is 413 g/mol. The van der Waals surface area contributed by atoms with Crippen molar-refractivity contribution in [3.63, 3.8) is 0 Å². The molecule has 0 saturated heterocycles.